The molecule has 2 aromatic rings. The number of nitrogens with zero attached hydrogens (tertiary/aromatic N) is 2. The van der Waals surface area contributed by atoms with Crippen molar-refractivity contribution < 1.29 is 19.1 Å². The van der Waals surface area contributed by atoms with E-state index < -0.39 is 17.7 Å². The third kappa shape index (κ3) is 6.44. The molecule has 1 aromatic heterocycles. The van der Waals surface area contributed by atoms with Crippen molar-refractivity contribution in [2.75, 3.05) is 13.2 Å². The van der Waals surface area contributed by atoms with Crippen LogP contribution in [0.2, 0.25) is 0 Å². The van der Waals surface area contributed by atoms with Gasteiger partial charge < -0.3 is 14.8 Å². The molecule has 0 aliphatic carbocycles. The zero-order valence-electron chi connectivity index (χ0n) is 16.5. The summed E-state index contributed by atoms with van der Waals surface area (Å²) >= 11 is 0. The van der Waals surface area contributed by atoms with E-state index in [0.29, 0.717) is 18.5 Å². The molecule has 7 heteroatoms. The number of hydrogen-bond acceptors (Lipinski definition) is 5. The lowest BCUT2D eigenvalue weighted by atomic mass is 10.2. The van der Waals surface area contributed by atoms with E-state index in [2.05, 4.69) is 10.4 Å². The van der Waals surface area contributed by atoms with Crippen LogP contribution in [-0.4, -0.2) is 40.6 Å². The number of hydrogen-bond donors (Lipinski definition) is 1. The van der Waals surface area contributed by atoms with Crippen LogP contribution in [0.5, 0.6) is 0 Å². The summed E-state index contributed by atoms with van der Waals surface area (Å²) < 4.78 is 12.2. The van der Waals surface area contributed by atoms with E-state index in [1.54, 1.807) is 32.9 Å². The Morgan fingerprint density at radius 1 is 1.15 bits per heavy atom. The molecule has 0 fully saturated rings. The van der Waals surface area contributed by atoms with Gasteiger partial charge in [-0.2, -0.15) is 5.10 Å². The number of nitrogens with one attached hydrogen (secondary N) is 1. The normalized spacial score (nSPS) is 11.1. The number of aryl methyl sites for hydroxylation is 2. The Balaban J connectivity index is 1.76. The highest BCUT2D eigenvalue weighted by molar-refractivity contribution is 5.89. The number of alkyl carbamates (subject to hydrolysis) is 1. The first-order valence-corrected chi connectivity index (χ1v) is 8.93. The molecule has 1 aromatic carbocycles. The second-order valence-corrected chi connectivity index (χ2v) is 7.30. The van der Waals surface area contributed by atoms with Crippen LogP contribution in [0.15, 0.2) is 30.3 Å². The van der Waals surface area contributed by atoms with Crippen LogP contribution in [0, 0.1) is 13.8 Å². The van der Waals surface area contributed by atoms with Gasteiger partial charge in [-0.25, -0.2) is 14.3 Å². The largest absolute Gasteiger partial charge is 0.462 e. The number of carbonyl (C=O) groups excluding carboxylic acids is 2. The van der Waals surface area contributed by atoms with Crippen molar-refractivity contribution in [2.45, 2.75) is 46.6 Å². The Kier molecular flexibility index (Phi) is 6.60. The summed E-state index contributed by atoms with van der Waals surface area (Å²) in [7, 11) is 0. The Labute approximate surface area is 159 Å². The zero-order valence-corrected chi connectivity index (χ0v) is 16.5. The molecule has 0 aliphatic heterocycles. The summed E-state index contributed by atoms with van der Waals surface area (Å²) in [4.78, 5) is 23.6. The van der Waals surface area contributed by atoms with Crippen LogP contribution >= 0.6 is 0 Å². The number of ether oxygens (including phenoxy) is 2. The molecular weight excluding hydrogens is 346 g/mol. The maximum absolute atomic E-state index is 12.1. The predicted octanol–water partition coefficient (Wildman–Crippen LogP) is 3.56. The molecule has 0 saturated heterocycles. The monoisotopic (exact) mass is 373 g/mol. The molecular formula is C20H27N3O4. The SMILES string of the molecule is Cc1cc(C)n(-c2ccc(C(=O)OCCCNC(=O)OC(C)(C)C)cc2)n1. The molecule has 0 aliphatic rings. The summed E-state index contributed by atoms with van der Waals surface area (Å²) in [5, 5.41) is 7.04. The molecule has 7 nitrogen and oxygen atoms in total. The molecule has 0 radical (unpaired) electrons. The van der Waals surface area contributed by atoms with Gasteiger partial charge in [-0.05, 0) is 71.4 Å². The Bertz CT molecular complexity index is 789. The third-order valence-electron chi connectivity index (χ3n) is 3.58. The molecule has 1 amide bonds. The molecule has 27 heavy (non-hydrogen) atoms. The van der Waals surface area contributed by atoms with Crippen molar-refractivity contribution in [3.8, 4) is 5.69 Å². The van der Waals surface area contributed by atoms with Crippen LogP contribution in [0.3, 0.4) is 0 Å². The molecule has 0 atom stereocenters. The predicted molar refractivity (Wildman–Crippen MR) is 102 cm³/mol. The highest BCUT2D eigenvalue weighted by Gasteiger charge is 2.15. The van der Waals surface area contributed by atoms with E-state index in [-0.39, 0.29) is 6.61 Å². The number of carbonyl (C=O) groups is 2. The number of esters is 1. The Morgan fingerprint density at radius 3 is 2.37 bits per heavy atom. The molecule has 0 bridgehead atoms. The summed E-state index contributed by atoms with van der Waals surface area (Å²) in [6.07, 6.45) is 0.0306. The summed E-state index contributed by atoms with van der Waals surface area (Å²) in [5.41, 5.74) is 2.80. The van der Waals surface area contributed by atoms with Crippen LogP contribution in [-0.2, 0) is 9.47 Å². The molecule has 0 saturated carbocycles. The van der Waals surface area contributed by atoms with Gasteiger partial charge in [0.15, 0.2) is 0 Å². The lowest BCUT2D eigenvalue weighted by Crippen LogP contribution is -2.33. The number of rotatable bonds is 6. The topological polar surface area (TPSA) is 82.5 Å². The minimum absolute atomic E-state index is 0.216. The first kappa shape index (κ1) is 20.5. The molecule has 1 heterocycles. The van der Waals surface area contributed by atoms with Crippen molar-refractivity contribution in [1.82, 2.24) is 15.1 Å². The number of amides is 1. The molecule has 2 rings (SSSR count). The summed E-state index contributed by atoms with van der Waals surface area (Å²) in [6, 6.07) is 9.09. The quantitative estimate of drug-likeness (QED) is 0.618. The van der Waals surface area contributed by atoms with Crippen molar-refractivity contribution in [3.63, 3.8) is 0 Å². The van der Waals surface area contributed by atoms with Crippen molar-refractivity contribution >= 4 is 12.1 Å². The fourth-order valence-corrected chi connectivity index (χ4v) is 2.45. The van der Waals surface area contributed by atoms with Gasteiger partial charge in [-0.1, -0.05) is 0 Å². The first-order chi connectivity index (χ1) is 12.7. The molecule has 1 N–H and O–H groups in total. The lowest BCUT2D eigenvalue weighted by molar-refractivity contribution is 0.0483. The minimum atomic E-state index is -0.532. The number of benzene rings is 1. The average Bonchev–Trinajstić information content (AvgIpc) is 2.91. The summed E-state index contributed by atoms with van der Waals surface area (Å²) in [5.74, 6) is -0.396. The van der Waals surface area contributed by atoms with Gasteiger partial charge in [0.25, 0.3) is 0 Å². The van der Waals surface area contributed by atoms with E-state index in [1.165, 1.54) is 0 Å². The van der Waals surface area contributed by atoms with Crippen LogP contribution in [0.25, 0.3) is 5.69 Å². The smallest absolute Gasteiger partial charge is 0.407 e. The standard InChI is InChI=1S/C20H27N3O4/c1-14-13-15(2)23(22-14)17-9-7-16(8-10-17)18(24)26-12-6-11-21-19(25)27-20(3,4)5/h7-10,13H,6,11-12H2,1-5H3,(H,21,25). The van der Waals surface area contributed by atoms with Gasteiger partial charge in [0.2, 0.25) is 0 Å². The minimum Gasteiger partial charge on any atom is -0.462 e. The van der Waals surface area contributed by atoms with Crippen molar-refractivity contribution in [3.05, 3.63) is 47.3 Å². The van der Waals surface area contributed by atoms with Crippen LogP contribution in [0.4, 0.5) is 4.79 Å². The average molecular weight is 373 g/mol. The first-order valence-electron chi connectivity index (χ1n) is 8.93. The van der Waals surface area contributed by atoms with E-state index in [9.17, 15) is 9.59 Å². The summed E-state index contributed by atoms with van der Waals surface area (Å²) in [6.45, 7) is 9.91. The van der Waals surface area contributed by atoms with Crippen LogP contribution in [0.1, 0.15) is 48.9 Å². The molecule has 0 unspecified atom stereocenters. The van der Waals surface area contributed by atoms with Gasteiger partial charge in [0.1, 0.15) is 5.60 Å². The van der Waals surface area contributed by atoms with E-state index in [1.807, 2.05) is 36.7 Å². The van der Waals surface area contributed by atoms with E-state index in [4.69, 9.17) is 9.47 Å². The van der Waals surface area contributed by atoms with E-state index in [0.717, 1.165) is 17.1 Å². The highest BCUT2D eigenvalue weighted by atomic mass is 16.6. The highest BCUT2D eigenvalue weighted by Crippen LogP contribution is 2.13. The van der Waals surface area contributed by atoms with Gasteiger partial charge in [0, 0.05) is 12.2 Å². The van der Waals surface area contributed by atoms with Gasteiger partial charge in [-0.15, -0.1) is 0 Å². The fraction of sp³-hybridized carbons (Fsp3) is 0.450. The number of aromatic nitrogens is 2. The van der Waals surface area contributed by atoms with Gasteiger partial charge >= 0.3 is 12.1 Å². The maximum atomic E-state index is 12.1. The zero-order chi connectivity index (χ0) is 20.0. The maximum Gasteiger partial charge on any atom is 0.407 e. The van der Waals surface area contributed by atoms with Crippen molar-refractivity contribution in [2.24, 2.45) is 0 Å². The van der Waals surface area contributed by atoms with Gasteiger partial charge in [-0.3, -0.25) is 0 Å². The second-order valence-electron chi connectivity index (χ2n) is 7.30. The van der Waals surface area contributed by atoms with E-state index >= 15 is 0 Å². The lowest BCUT2D eigenvalue weighted by Gasteiger charge is -2.19. The Morgan fingerprint density at radius 2 is 1.81 bits per heavy atom. The molecule has 0 spiro atoms. The second kappa shape index (κ2) is 8.70. The van der Waals surface area contributed by atoms with Gasteiger partial charge in [0.05, 0.1) is 23.6 Å². The Hall–Kier alpha value is -2.83. The molecule has 146 valence electrons. The third-order valence-corrected chi connectivity index (χ3v) is 3.58. The van der Waals surface area contributed by atoms with Crippen LogP contribution < -0.4 is 5.32 Å². The van der Waals surface area contributed by atoms with Crippen molar-refractivity contribution in [1.29, 1.82) is 0 Å². The fourth-order valence-electron chi connectivity index (χ4n) is 2.45.